The van der Waals surface area contributed by atoms with Crippen LogP contribution < -0.4 is 10.2 Å². The lowest BCUT2D eigenvalue weighted by Gasteiger charge is -2.37. The van der Waals surface area contributed by atoms with Gasteiger partial charge in [-0.05, 0) is 62.7 Å². The molecule has 0 aromatic heterocycles. The van der Waals surface area contributed by atoms with E-state index in [9.17, 15) is 9.59 Å². The molecule has 6 heteroatoms. The van der Waals surface area contributed by atoms with E-state index in [2.05, 4.69) is 5.32 Å². The number of anilines is 1. The molecule has 142 valence electrons. The first-order valence-electron chi connectivity index (χ1n) is 9.46. The molecule has 2 saturated heterocycles. The highest BCUT2D eigenvalue weighted by Crippen LogP contribution is 2.59. The van der Waals surface area contributed by atoms with E-state index in [4.69, 9.17) is 0 Å². The summed E-state index contributed by atoms with van der Waals surface area (Å²) < 4.78 is 0. The molecule has 26 heavy (non-hydrogen) atoms. The minimum atomic E-state index is -0.319. The number of hydrogen-bond donors (Lipinski definition) is 1. The summed E-state index contributed by atoms with van der Waals surface area (Å²) in [5.74, 6) is 0.364. The van der Waals surface area contributed by atoms with Crippen LogP contribution in [0.25, 0.3) is 0 Å². The van der Waals surface area contributed by atoms with Crippen molar-refractivity contribution in [1.82, 2.24) is 10.2 Å². The van der Waals surface area contributed by atoms with E-state index in [0.717, 1.165) is 57.4 Å². The Morgan fingerprint density at radius 3 is 2.62 bits per heavy atom. The van der Waals surface area contributed by atoms with Crippen molar-refractivity contribution in [2.24, 2.45) is 11.3 Å². The third-order valence-corrected chi connectivity index (χ3v) is 6.38. The molecule has 1 saturated carbocycles. The number of benzene rings is 1. The van der Waals surface area contributed by atoms with Gasteiger partial charge in [-0.15, -0.1) is 12.4 Å². The van der Waals surface area contributed by atoms with E-state index in [1.165, 1.54) is 0 Å². The topological polar surface area (TPSA) is 52.7 Å². The van der Waals surface area contributed by atoms with E-state index in [0.29, 0.717) is 0 Å². The molecule has 0 radical (unpaired) electrons. The third kappa shape index (κ3) is 3.35. The van der Waals surface area contributed by atoms with Gasteiger partial charge in [-0.1, -0.05) is 18.2 Å². The van der Waals surface area contributed by atoms with Crippen molar-refractivity contribution in [3.63, 3.8) is 0 Å². The average Bonchev–Trinajstić information content (AvgIpc) is 3.34. The highest BCUT2D eigenvalue weighted by molar-refractivity contribution is 6.00. The summed E-state index contributed by atoms with van der Waals surface area (Å²) in [5, 5.41) is 3.38. The van der Waals surface area contributed by atoms with Crippen LogP contribution in [0.3, 0.4) is 0 Å². The molecular formula is C20H28ClN3O2. The molecule has 1 spiro atoms. The Kier molecular flexibility index (Phi) is 5.58. The van der Waals surface area contributed by atoms with Crippen LogP contribution >= 0.6 is 12.4 Å². The van der Waals surface area contributed by atoms with E-state index in [1.807, 2.05) is 42.3 Å². The van der Waals surface area contributed by atoms with E-state index in [1.54, 1.807) is 4.90 Å². The number of halogens is 1. The van der Waals surface area contributed by atoms with E-state index >= 15 is 0 Å². The Hall–Kier alpha value is -1.59. The lowest BCUT2D eigenvalue weighted by atomic mass is 9.91. The highest BCUT2D eigenvalue weighted by Gasteiger charge is 2.59. The SMILES string of the molecule is CN(C(=O)C1CC12CCNCC2)C1CCCN(c2ccccc2)C1=O.Cl. The number of likely N-dealkylation sites (N-methyl/N-ethyl adjacent to an activating group) is 1. The van der Waals surface area contributed by atoms with Crippen molar-refractivity contribution in [3.05, 3.63) is 30.3 Å². The first-order chi connectivity index (χ1) is 12.1. The number of carbonyl (C=O) groups excluding carboxylic acids is 2. The lowest BCUT2D eigenvalue weighted by Crippen LogP contribution is -2.53. The Morgan fingerprint density at radius 2 is 1.92 bits per heavy atom. The normalized spacial score (nSPS) is 27.0. The number of rotatable bonds is 3. The van der Waals surface area contributed by atoms with Crippen LogP contribution in [0.1, 0.15) is 32.1 Å². The lowest BCUT2D eigenvalue weighted by molar-refractivity contribution is -0.140. The Labute approximate surface area is 161 Å². The quantitative estimate of drug-likeness (QED) is 0.880. The third-order valence-electron chi connectivity index (χ3n) is 6.38. The molecule has 3 aliphatic rings. The van der Waals surface area contributed by atoms with Crippen LogP contribution in [0, 0.1) is 11.3 Å². The van der Waals surface area contributed by atoms with E-state index in [-0.39, 0.29) is 41.6 Å². The highest BCUT2D eigenvalue weighted by atomic mass is 35.5. The molecule has 1 aromatic rings. The van der Waals surface area contributed by atoms with Crippen molar-refractivity contribution in [2.45, 2.75) is 38.1 Å². The van der Waals surface area contributed by atoms with Crippen molar-refractivity contribution in [3.8, 4) is 0 Å². The van der Waals surface area contributed by atoms with Crippen LogP contribution in [0.15, 0.2) is 30.3 Å². The van der Waals surface area contributed by atoms with Gasteiger partial charge >= 0.3 is 0 Å². The maximum atomic E-state index is 13.0. The van der Waals surface area contributed by atoms with Gasteiger partial charge in [0.05, 0.1) is 0 Å². The molecule has 2 atom stereocenters. The largest absolute Gasteiger partial charge is 0.333 e. The zero-order chi connectivity index (χ0) is 17.4. The predicted molar refractivity (Wildman–Crippen MR) is 104 cm³/mol. The minimum absolute atomic E-state index is 0. The number of nitrogens with one attached hydrogen (secondary N) is 1. The van der Waals surface area contributed by atoms with Gasteiger partial charge in [-0.25, -0.2) is 0 Å². The average molecular weight is 378 g/mol. The maximum Gasteiger partial charge on any atom is 0.249 e. The molecule has 5 nitrogen and oxygen atoms in total. The van der Waals surface area contributed by atoms with Crippen LogP contribution in [-0.2, 0) is 9.59 Å². The van der Waals surface area contributed by atoms with Crippen LogP contribution in [0.4, 0.5) is 5.69 Å². The minimum Gasteiger partial charge on any atom is -0.333 e. The van der Waals surface area contributed by atoms with Gasteiger partial charge in [0.1, 0.15) is 6.04 Å². The number of nitrogens with zero attached hydrogens (tertiary/aromatic N) is 2. The number of piperidine rings is 2. The smallest absolute Gasteiger partial charge is 0.249 e. The van der Waals surface area contributed by atoms with E-state index < -0.39 is 0 Å². The van der Waals surface area contributed by atoms with Gasteiger partial charge < -0.3 is 15.1 Å². The molecule has 1 N–H and O–H groups in total. The van der Waals surface area contributed by atoms with Crippen LogP contribution in [-0.4, -0.2) is 49.4 Å². The molecule has 1 aliphatic carbocycles. The second-order valence-corrected chi connectivity index (χ2v) is 7.80. The van der Waals surface area contributed by atoms with Crippen molar-refractivity contribution in [2.75, 3.05) is 31.6 Å². The fourth-order valence-corrected chi connectivity index (χ4v) is 4.65. The zero-order valence-corrected chi connectivity index (χ0v) is 16.1. The molecule has 2 aliphatic heterocycles. The standard InChI is InChI=1S/C20H27N3O2.ClH/c1-22(18(24)16-14-20(16)9-11-21-12-10-20)17-8-5-13-23(19(17)25)15-6-3-2-4-7-15;/h2-4,6-7,16-17,21H,5,8-14H2,1H3;1H. The van der Waals surface area contributed by atoms with Crippen molar-refractivity contribution < 1.29 is 9.59 Å². The maximum absolute atomic E-state index is 13.0. The molecule has 0 bridgehead atoms. The van der Waals surface area contributed by atoms with Gasteiger partial charge in [0.15, 0.2) is 0 Å². The summed E-state index contributed by atoms with van der Waals surface area (Å²) in [6, 6.07) is 9.47. The molecule has 1 aromatic carbocycles. The molecule has 3 fully saturated rings. The number of amides is 2. The van der Waals surface area contributed by atoms with Crippen molar-refractivity contribution >= 4 is 29.9 Å². The van der Waals surface area contributed by atoms with Gasteiger partial charge in [-0.3, -0.25) is 9.59 Å². The van der Waals surface area contributed by atoms with Crippen LogP contribution in [0.5, 0.6) is 0 Å². The fraction of sp³-hybridized carbons (Fsp3) is 0.600. The van der Waals surface area contributed by atoms with Gasteiger partial charge in [0.2, 0.25) is 11.8 Å². The first kappa shape index (κ1) is 19.2. The van der Waals surface area contributed by atoms with Gasteiger partial charge in [0, 0.05) is 25.2 Å². The van der Waals surface area contributed by atoms with Gasteiger partial charge in [0.25, 0.3) is 0 Å². The molecular weight excluding hydrogens is 350 g/mol. The monoisotopic (exact) mass is 377 g/mol. The number of carbonyl (C=O) groups is 2. The first-order valence-corrected chi connectivity index (χ1v) is 9.46. The number of hydrogen-bond acceptors (Lipinski definition) is 3. The summed E-state index contributed by atoms with van der Waals surface area (Å²) >= 11 is 0. The number of para-hydroxylation sites is 1. The fourth-order valence-electron chi connectivity index (χ4n) is 4.65. The molecule has 2 heterocycles. The summed E-state index contributed by atoms with van der Waals surface area (Å²) in [7, 11) is 1.83. The molecule has 2 unspecified atom stereocenters. The van der Waals surface area contributed by atoms with Gasteiger partial charge in [-0.2, -0.15) is 0 Å². The summed E-state index contributed by atoms with van der Waals surface area (Å²) in [4.78, 5) is 29.6. The second-order valence-electron chi connectivity index (χ2n) is 7.80. The summed E-state index contributed by atoms with van der Waals surface area (Å²) in [6.07, 6.45) is 4.88. The van der Waals surface area contributed by atoms with Crippen molar-refractivity contribution in [1.29, 1.82) is 0 Å². The summed E-state index contributed by atoms with van der Waals surface area (Å²) in [5.41, 5.74) is 1.15. The molecule has 4 rings (SSSR count). The summed E-state index contributed by atoms with van der Waals surface area (Å²) in [6.45, 7) is 2.76. The Morgan fingerprint density at radius 1 is 1.23 bits per heavy atom. The van der Waals surface area contributed by atoms with Crippen LogP contribution in [0.2, 0.25) is 0 Å². The zero-order valence-electron chi connectivity index (χ0n) is 15.3. The second kappa shape index (κ2) is 7.57. The predicted octanol–water partition coefficient (Wildman–Crippen LogP) is 2.45. The molecule has 2 amide bonds. The Balaban J connectivity index is 0.00000196. The Bertz CT molecular complexity index is 660.